The van der Waals surface area contributed by atoms with Gasteiger partial charge in [0.2, 0.25) is 0 Å². The fraction of sp³-hybridized carbons (Fsp3) is 0.833. The summed E-state index contributed by atoms with van der Waals surface area (Å²) in [5, 5.41) is 19.4. The van der Waals surface area contributed by atoms with E-state index in [4.69, 9.17) is 4.74 Å². The lowest BCUT2D eigenvalue weighted by Gasteiger charge is -2.21. The average Bonchev–Trinajstić information content (AvgIpc) is 2.48. The maximum absolute atomic E-state index is 11.7. The first kappa shape index (κ1) is 19.2. The minimum absolute atomic E-state index is 0.0310. The number of aliphatic hydroxyl groups excluding tert-OH is 2. The summed E-state index contributed by atoms with van der Waals surface area (Å²) >= 11 is 0. The Balaban J connectivity index is 2.28. The van der Waals surface area contributed by atoms with Gasteiger partial charge in [-0.25, -0.2) is 0 Å². The van der Waals surface area contributed by atoms with Crippen LogP contribution in [0.4, 0.5) is 0 Å². The molecule has 0 aromatic heterocycles. The van der Waals surface area contributed by atoms with Gasteiger partial charge in [0.15, 0.2) is 0 Å². The monoisotopic (exact) mass is 312 g/mol. The van der Waals surface area contributed by atoms with E-state index >= 15 is 0 Å². The molecule has 0 fully saturated rings. The minimum Gasteiger partial charge on any atom is -0.462 e. The van der Waals surface area contributed by atoms with Gasteiger partial charge < -0.3 is 14.9 Å². The lowest BCUT2D eigenvalue weighted by atomic mass is 10.0. The van der Waals surface area contributed by atoms with Crippen LogP contribution in [-0.4, -0.2) is 34.5 Å². The smallest absolute Gasteiger partial charge is 0.309 e. The Morgan fingerprint density at radius 2 is 1.64 bits per heavy atom. The number of rotatable bonds is 8. The van der Waals surface area contributed by atoms with Gasteiger partial charge in [-0.15, -0.1) is 0 Å². The van der Waals surface area contributed by atoms with Crippen molar-refractivity contribution in [3.63, 3.8) is 0 Å². The van der Waals surface area contributed by atoms with E-state index in [1.165, 1.54) is 44.6 Å². The fourth-order valence-electron chi connectivity index (χ4n) is 2.77. The molecule has 1 aliphatic rings. The number of carbonyl (C=O) groups excluding carboxylic acids is 1. The van der Waals surface area contributed by atoms with Crippen molar-refractivity contribution in [2.24, 2.45) is 0 Å². The van der Waals surface area contributed by atoms with Gasteiger partial charge in [-0.2, -0.15) is 0 Å². The molecule has 0 aliphatic carbocycles. The highest BCUT2D eigenvalue weighted by Gasteiger charge is 2.19. The summed E-state index contributed by atoms with van der Waals surface area (Å²) < 4.78 is 5.45. The number of carbonyl (C=O) groups is 1. The number of hydrogen-bond donors (Lipinski definition) is 2. The number of cyclic esters (lactones) is 1. The summed E-state index contributed by atoms with van der Waals surface area (Å²) in [6.45, 7) is 2.22. The summed E-state index contributed by atoms with van der Waals surface area (Å²) in [6.07, 6.45) is 12.2. The minimum atomic E-state index is -0.862. The Bertz CT molecular complexity index is 327. The Kier molecular flexibility index (Phi) is 10.2. The van der Waals surface area contributed by atoms with Gasteiger partial charge in [-0.05, 0) is 25.7 Å². The predicted molar refractivity (Wildman–Crippen MR) is 87.5 cm³/mol. The summed E-state index contributed by atoms with van der Waals surface area (Å²) in [6, 6.07) is 0. The molecule has 0 saturated heterocycles. The number of aliphatic hydroxyl groups is 2. The molecule has 0 amide bonds. The molecule has 0 unspecified atom stereocenters. The van der Waals surface area contributed by atoms with E-state index in [0.29, 0.717) is 12.8 Å². The van der Waals surface area contributed by atoms with Crippen molar-refractivity contribution >= 4 is 5.97 Å². The summed E-state index contributed by atoms with van der Waals surface area (Å²) in [5.41, 5.74) is 0. The highest BCUT2D eigenvalue weighted by Crippen LogP contribution is 2.18. The van der Waals surface area contributed by atoms with Crippen LogP contribution in [0.15, 0.2) is 12.2 Å². The lowest BCUT2D eigenvalue weighted by molar-refractivity contribution is -0.151. The maximum atomic E-state index is 11.7. The number of ether oxygens (including phenoxy) is 1. The largest absolute Gasteiger partial charge is 0.462 e. The van der Waals surface area contributed by atoms with Crippen molar-refractivity contribution in [2.75, 3.05) is 0 Å². The topological polar surface area (TPSA) is 66.8 Å². The molecule has 0 spiro atoms. The Morgan fingerprint density at radius 1 is 1.00 bits per heavy atom. The Hall–Kier alpha value is -0.870. The third-order valence-corrected chi connectivity index (χ3v) is 4.14. The zero-order chi connectivity index (χ0) is 16.2. The van der Waals surface area contributed by atoms with Crippen LogP contribution in [0.25, 0.3) is 0 Å². The zero-order valence-electron chi connectivity index (χ0n) is 13.9. The molecular weight excluding hydrogens is 280 g/mol. The standard InChI is InChI=1S/C18H32O4/c1-2-3-4-5-6-7-8-9-17-13-12-15(19)10-11-16(20)14-18(21)22-17/h10-11,15-17,19-20H,2-9,12-14H2,1H3/t15-,16+,17+/m1/s1. The van der Waals surface area contributed by atoms with Crippen molar-refractivity contribution in [1.82, 2.24) is 0 Å². The molecule has 0 saturated carbocycles. The third kappa shape index (κ3) is 9.21. The van der Waals surface area contributed by atoms with Crippen LogP contribution in [0.3, 0.4) is 0 Å². The first-order valence-corrected chi connectivity index (χ1v) is 8.85. The molecule has 0 radical (unpaired) electrons. The molecule has 0 aromatic carbocycles. The molecule has 0 aromatic rings. The highest BCUT2D eigenvalue weighted by molar-refractivity contribution is 5.70. The van der Waals surface area contributed by atoms with Crippen LogP contribution in [0.1, 0.15) is 77.6 Å². The molecule has 4 nitrogen and oxygen atoms in total. The van der Waals surface area contributed by atoms with E-state index < -0.39 is 12.2 Å². The van der Waals surface area contributed by atoms with Crippen molar-refractivity contribution in [2.45, 2.75) is 95.9 Å². The fourth-order valence-corrected chi connectivity index (χ4v) is 2.77. The van der Waals surface area contributed by atoms with Gasteiger partial charge in [0.05, 0.1) is 18.6 Å². The van der Waals surface area contributed by atoms with Crippen LogP contribution >= 0.6 is 0 Å². The normalized spacial score (nSPS) is 26.7. The summed E-state index contributed by atoms with van der Waals surface area (Å²) in [5.74, 6) is -0.346. The molecule has 1 aliphatic heterocycles. The molecule has 1 rings (SSSR count). The van der Waals surface area contributed by atoms with E-state index in [0.717, 1.165) is 12.8 Å². The lowest BCUT2D eigenvalue weighted by Crippen LogP contribution is -2.24. The van der Waals surface area contributed by atoms with Gasteiger partial charge in [0.25, 0.3) is 0 Å². The van der Waals surface area contributed by atoms with E-state index in [1.54, 1.807) is 6.08 Å². The van der Waals surface area contributed by atoms with Gasteiger partial charge >= 0.3 is 5.97 Å². The second kappa shape index (κ2) is 11.7. The molecule has 4 heteroatoms. The van der Waals surface area contributed by atoms with Gasteiger partial charge in [-0.3, -0.25) is 4.79 Å². The van der Waals surface area contributed by atoms with Crippen molar-refractivity contribution in [3.05, 3.63) is 12.2 Å². The first-order valence-electron chi connectivity index (χ1n) is 8.85. The zero-order valence-corrected chi connectivity index (χ0v) is 13.9. The molecule has 2 N–H and O–H groups in total. The van der Waals surface area contributed by atoms with Crippen LogP contribution in [0.2, 0.25) is 0 Å². The van der Waals surface area contributed by atoms with E-state index in [-0.39, 0.29) is 18.5 Å². The molecule has 128 valence electrons. The summed E-state index contributed by atoms with van der Waals surface area (Å²) in [4.78, 5) is 11.7. The van der Waals surface area contributed by atoms with E-state index in [1.807, 2.05) is 0 Å². The van der Waals surface area contributed by atoms with E-state index in [9.17, 15) is 15.0 Å². The van der Waals surface area contributed by atoms with E-state index in [2.05, 4.69) is 6.92 Å². The maximum Gasteiger partial charge on any atom is 0.309 e. The van der Waals surface area contributed by atoms with Crippen molar-refractivity contribution in [3.8, 4) is 0 Å². The molecule has 1 heterocycles. The Morgan fingerprint density at radius 3 is 2.36 bits per heavy atom. The van der Waals surface area contributed by atoms with Gasteiger partial charge in [-0.1, -0.05) is 57.6 Å². The SMILES string of the molecule is CCCCCCCCC[C@H]1CC[C@H](O)C=C[C@H](O)CC(=O)O1. The molecule has 3 atom stereocenters. The Labute approximate surface area is 134 Å². The second-order valence-electron chi connectivity index (χ2n) is 6.32. The average molecular weight is 312 g/mol. The van der Waals surface area contributed by atoms with Crippen LogP contribution in [0.5, 0.6) is 0 Å². The molecule has 22 heavy (non-hydrogen) atoms. The summed E-state index contributed by atoms with van der Waals surface area (Å²) in [7, 11) is 0. The van der Waals surface area contributed by atoms with Crippen molar-refractivity contribution < 1.29 is 19.7 Å². The van der Waals surface area contributed by atoms with Gasteiger partial charge in [0, 0.05) is 0 Å². The first-order chi connectivity index (χ1) is 10.6. The predicted octanol–water partition coefficient (Wildman–Crippen LogP) is 3.50. The molecule has 0 bridgehead atoms. The number of hydrogen-bond acceptors (Lipinski definition) is 4. The van der Waals surface area contributed by atoms with Crippen molar-refractivity contribution in [1.29, 1.82) is 0 Å². The highest BCUT2D eigenvalue weighted by atomic mass is 16.5. The van der Waals surface area contributed by atoms with Crippen LogP contribution in [-0.2, 0) is 9.53 Å². The van der Waals surface area contributed by atoms with Gasteiger partial charge in [0.1, 0.15) is 6.10 Å². The number of unbranched alkanes of at least 4 members (excludes halogenated alkanes) is 6. The number of esters is 1. The van der Waals surface area contributed by atoms with Crippen LogP contribution in [0, 0.1) is 0 Å². The van der Waals surface area contributed by atoms with Crippen LogP contribution < -0.4 is 0 Å². The quantitative estimate of drug-likeness (QED) is 0.409. The third-order valence-electron chi connectivity index (χ3n) is 4.14. The molecular formula is C18H32O4. The second-order valence-corrected chi connectivity index (χ2v) is 6.32.